The van der Waals surface area contributed by atoms with Crippen LogP contribution in [0.2, 0.25) is 0 Å². The topological polar surface area (TPSA) is 102 Å². The standard InChI is InChI=1S/C25H30O6S/c1-4-5-6-7-8-9-10-17-13-19(32(29,30)16(2)3)15-21-23(26)20-14-18(25(27)28)11-12-22(20)31-24(17)21/h11-16H,4-10H2,1-3H3,(H,27,28). The molecule has 3 aromatic rings. The second kappa shape index (κ2) is 9.86. The molecule has 1 aromatic heterocycles. The van der Waals surface area contributed by atoms with Crippen LogP contribution in [0, 0.1) is 0 Å². The molecule has 6 nitrogen and oxygen atoms in total. The monoisotopic (exact) mass is 458 g/mol. The van der Waals surface area contributed by atoms with Crippen LogP contribution in [0.3, 0.4) is 0 Å². The molecular formula is C25H30O6S. The number of carboxylic acids is 1. The molecule has 7 heteroatoms. The Morgan fingerprint density at radius 1 is 1.00 bits per heavy atom. The lowest BCUT2D eigenvalue weighted by molar-refractivity contribution is 0.0697. The Morgan fingerprint density at radius 3 is 2.34 bits per heavy atom. The summed E-state index contributed by atoms with van der Waals surface area (Å²) in [5.74, 6) is -1.15. The first-order chi connectivity index (χ1) is 15.2. The summed E-state index contributed by atoms with van der Waals surface area (Å²) in [6.07, 6.45) is 7.13. The van der Waals surface area contributed by atoms with Crippen molar-refractivity contribution in [1.82, 2.24) is 0 Å². The van der Waals surface area contributed by atoms with Crippen molar-refractivity contribution >= 4 is 37.7 Å². The average Bonchev–Trinajstić information content (AvgIpc) is 2.76. The maximum atomic E-state index is 13.3. The van der Waals surface area contributed by atoms with Gasteiger partial charge in [0.25, 0.3) is 0 Å². The lowest BCUT2D eigenvalue weighted by Gasteiger charge is -2.13. The van der Waals surface area contributed by atoms with E-state index in [2.05, 4.69) is 6.92 Å². The van der Waals surface area contributed by atoms with E-state index in [4.69, 9.17) is 4.42 Å². The van der Waals surface area contributed by atoms with E-state index in [1.54, 1.807) is 19.9 Å². The Bertz CT molecular complexity index is 1300. The Hall–Kier alpha value is -2.67. The summed E-state index contributed by atoms with van der Waals surface area (Å²) in [4.78, 5) is 24.7. The number of hydrogen-bond donors (Lipinski definition) is 1. The van der Waals surface area contributed by atoms with Crippen LogP contribution in [0.4, 0.5) is 0 Å². The summed E-state index contributed by atoms with van der Waals surface area (Å²) in [6, 6.07) is 7.15. The third-order valence-electron chi connectivity index (χ3n) is 5.82. The molecule has 2 aromatic carbocycles. The number of sulfone groups is 1. The maximum Gasteiger partial charge on any atom is 0.335 e. The smallest absolute Gasteiger partial charge is 0.335 e. The van der Waals surface area contributed by atoms with Gasteiger partial charge in [-0.3, -0.25) is 4.79 Å². The van der Waals surface area contributed by atoms with Crippen molar-refractivity contribution in [3.63, 3.8) is 0 Å². The molecule has 0 radical (unpaired) electrons. The third kappa shape index (κ3) is 4.88. The van der Waals surface area contributed by atoms with E-state index in [-0.39, 0.29) is 26.8 Å². The van der Waals surface area contributed by atoms with E-state index >= 15 is 0 Å². The summed E-state index contributed by atoms with van der Waals surface area (Å²) < 4.78 is 31.8. The van der Waals surface area contributed by atoms with Gasteiger partial charge in [0.2, 0.25) is 5.43 Å². The summed E-state index contributed by atoms with van der Waals surface area (Å²) in [6.45, 7) is 5.38. The Morgan fingerprint density at radius 2 is 1.69 bits per heavy atom. The molecule has 1 heterocycles. The van der Waals surface area contributed by atoms with Gasteiger partial charge in [0.15, 0.2) is 9.84 Å². The number of hydrogen-bond acceptors (Lipinski definition) is 5. The summed E-state index contributed by atoms with van der Waals surface area (Å²) in [5.41, 5.74) is 0.910. The number of aromatic carboxylic acids is 1. The zero-order valence-corrected chi connectivity index (χ0v) is 19.6. The zero-order valence-electron chi connectivity index (χ0n) is 18.8. The summed E-state index contributed by atoms with van der Waals surface area (Å²) >= 11 is 0. The van der Waals surface area contributed by atoms with Gasteiger partial charge in [-0.25, -0.2) is 13.2 Å². The fourth-order valence-corrected chi connectivity index (χ4v) is 4.98. The van der Waals surface area contributed by atoms with Crippen LogP contribution < -0.4 is 5.43 Å². The number of fused-ring (bicyclic) bond motifs is 2. The van der Waals surface area contributed by atoms with Gasteiger partial charge >= 0.3 is 5.97 Å². The zero-order chi connectivity index (χ0) is 23.5. The lowest BCUT2D eigenvalue weighted by atomic mass is 10.0. The van der Waals surface area contributed by atoms with Crippen LogP contribution in [-0.2, 0) is 16.3 Å². The minimum absolute atomic E-state index is 0.0255. The molecule has 0 fully saturated rings. The maximum absolute atomic E-state index is 13.3. The SMILES string of the molecule is CCCCCCCCc1cc(S(=O)(=O)C(C)C)cc2c(=O)c3cc(C(=O)O)ccc3oc12. The molecular weight excluding hydrogens is 428 g/mol. The highest BCUT2D eigenvalue weighted by Crippen LogP contribution is 2.29. The molecule has 0 amide bonds. The second-order valence-electron chi connectivity index (χ2n) is 8.52. The molecule has 0 aliphatic rings. The van der Waals surface area contributed by atoms with Crippen molar-refractivity contribution in [2.24, 2.45) is 0 Å². The van der Waals surface area contributed by atoms with E-state index in [1.807, 2.05) is 0 Å². The molecule has 1 N–H and O–H groups in total. The van der Waals surface area contributed by atoms with Crippen molar-refractivity contribution in [3.8, 4) is 0 Å². The first-order valence-electron chi connectivity index (χ1n) is 11.2. The number of carboxylic acid groups (broad SMARTS) is 1. The number of rotatable bonds is 10. The van der Waals surface area contributed by atoms with Crippen LogP contribution in [0.5, 0.6) is 0 Å². The Balaban J connectivity index is 2.16. The highest BCUT2D eigenvalue weighted by Gasteiger charge is 2.23. The van der Waals surface area contributed by atoms with Crippen LogP contribution in [-0.4, -0.2) is 24.7 Å². The fourth-order valence-electron chi connectivity index (χ4n) is 3.85. The summed E-state index contributed by atoms with van der Waals surface area (Å²) in [5, 5.41) is 8.93. The van der Waals surface area contributed by atoms with Gasteiger partial charge in [0, 0.05) is 0 Å². The lowest BCUT2D eigenvalue weighted by Crippen LogP contribution is -2.15. The quantitative estimate of drug-likeness (QED) is 0.307. The van der Waals surface area contributed by atoms with Crippen molar-refractivity contribution in [1.29, 1.82) is 0 Å². The predicted octanol–water partition coefficient (Wildman–Crippen LogP) is 5.73. The number of benzene rings is 2. The van der Waals surface area contributed by atoms with E-state index in [9.17, 15) is 23.1 Å². The number of unbranched alkanes of at least 4 members (excludes halogenated alkanes) is 5. The van der Waals surface area contributed by atoms with Gasteiger partial charge < -0.3 is 9.52 Å². The largest absolute Gasteiger partial charge is 0.478 e. The van der Waals surface area contributed by atoms with Crippen LogP contribution in [0.15, 0.2) is 44.4 Å². The van der Waals surface area contributed by atoms with Gasteiger partial charge in [-0.05, 0) is 62.6 Å². The normalized spacial score (nSPS) is 12.1. The van der Waals surface area contributed by atoms with Gasteiger partial charge in [-0.15, -0.1) is 0 Å². The van der Waals surface area contributed by atoms with E-state index < -0.39 is 26.5 Å². The molecule has 0 saturated heterocycles. The molecule has 0 spiro atoms. The highest BCUT2D eigenvalue weighted by molar-refractivity contribution is 7.92. The molecule has 0 aliphatic heterocycles. The minimum Gasteiger partial charge on any atom is -0.478 e. The molecule has 172 valence electrons. The van der Waals surface area contributed by atoms with E-state index in [1.165, 1.54) is 43.5 Å². The van der Waals surface area contributed by atoms with Crippen molar-refractivity contribution in [2.75, 3.05) is 0 Å². The van der Waals surface area contributed by atoms with Gasteiger partial charge in [0.05, 0.1) is 26.5 Å². The molecule has 0 bridgehead atoms. The van der Waals surface area contributed by atoms with Crippen molar-refractivity contribution in [2.45, 2.75) is 75.9 Å². The molecule has 0 aliphatic carbocycles. The Kier molecular flexibility index (Phi) is 7.39. The van der Waals surface area contributed by atoms with Gasteiger partial charge in [0.1, 0.15) is 11.2 Å². The van der Waals surface area contributed by atoms with E-state index in [0.29, 0.717) is 17.6 Å². The van der Waals surface area contributed by atoms with Crippen LogP contribution in [0.1, 0.15) is 75.2 Å². The molecule has 0 atom stereocenters. The molecule has 0 unspecified atom stereocenters. The van der Waals surface area contributed by atoms with E-state index in [0.717, 1.165) is 19.3 Å². The van der Waals surface area contributed by atoms with Crippen LogP contribution >= 0.6 is 0 Å². The second-order valence-corrected chi connectivity index (χ2v) is 11.0. The first-order valence-corrected chi connectivity index (χ1v) is 12.7. The highest BCUT2D eigenvalue weighted by atomic mass is 32.2. The van der Waals surface area contributed by atoms with Crippen molar-refractivity contribution < 1.29 is 22.7 Å². The van der Waals surface area contributed by atoms with Gasteiger partial charge in [-0.2, -0.15) is 0 Å². The van der Waals surface area contributed by atoms with Crippen molar-refractivity contribution in [3.05, 3.63) is 51.7 Å². The van der Waals surface area contributed by atoms with Crippen LogP contribution in [0.25, 0.3) is 21.9 Å². The third-order valence-corrected chi connectivity index (χ3v) is 7.95. The fraction of sp³-hybridized carbons (Fsp3) is 0.440. The molecule has 32 heavy (non-hydrogen) atoms. The van der Waals surface area contributed by atoms with Gasteiger partial charge in [-0.1, -0.05) is 39.0 Å². The molecule has 0 saturated carbocycles. The summed E-state index contributed by atoms with van der Waals surface area (Å²) in [7, 11) is -3.60. The number of aryl methyl sites for hydroxylation is 1. The minimum atomic E-state index is -3.60. The first kappa shape index (κ1) is 24.0. The molecule has 3 rings (SSSR count). The Labute approximate surface area is 188 Å². The average molecular weight is 459 g/mol. The predicted molar refractivity (Wildman–Crippen MR) is 126 cm³/mol. The number of carbonyl (C=O) groups is 1.